The molecule has 0 radical (unpaired) electrons. The molecule has 1 aliphatic rings. The Morgan fingerprint density at radius 1 is 1.24 bits per heavy atom. The summed E-state index contributed by atoms with van der Waals surface area (Å²) in [6.07, 6.45) is -3.09. The minimum absolute atomic E-state index is 0.0270. The number of nitrogens with zero attached hydrogens (tertiary/aromatic N) is 1. The maximum atomic E-state index is 12.6. The van der Waals surface area contributed by atoms with E-state index in [0.717, 1.165) is 13.1 Å². The van der Waals surface area contributed by atoms with Crippen molar-refractivity contribution in [2.75, 3.05) is 26.2 Å². The smallest absolute Gasteiger partial charge is 0.311 e. The van der Waals surface area contributed by atoms with E-state index in [9.17, 15) is 13.2 Å². The lowest BCUT2D eigenvalue weighted by Gasteiger charge is -2.34. The molecule has 1 N–H and O–H groups in total. The summed E-state index contributed by atoms with van der Waals surface area (Å²) in [7, 11) is 0. The molecule has 17 heavy (non-hydrogen) atoms. The van der Waals surface area contributed by atoms with Gasteiger partial charge in [-0.25, -0.2) is 0 Å². The summed E-state index contributed by atoms with van der Waals surface area (Å²) >= 11 is 0. The fraction of sp³-hybridized carbons (Fsp3) is 1.00. The standard InChI is InChI=1S/C12H23F3N2/c1-11(2,3)16-6-8-17-7-4-5-10(9-17)12(13,14)15/h10,16H,4-9H2,1-3H3. The molecule has 1 rings (SSSR count). The molecular weight excluding hydrogens is 229 g/mol. The van der Waals surface area contributed by atoms with Crippen LogP contribution in [0.4, 0.5) is 13.2 Å². The van der Waals surface area contributed by atoms with Crippen LogP contribution in [0.2, 0.25) is 0 Å². The largest absolute Gasteiger partial charge is 0.393 e. The second kappa shape index (κ2) is 5.57. The number of piperidine rings is 1. The molecule has 0 aromatic rings. The number of alkyl halides is 3. The van der Waals surface area contributed by atoms with E-state index in [0.29, 0.717) is 13.0 Å². The first-order valence-electron chi connectivity index (χ1n) is 6.22. The molecule has 1 aliphatic heterocycles. The lowest BCUT2D eigenvalue weighted by molar-refractivity contribution is -0.186. The minimum Gasteiger partial charge on any atom is -0.311 e. The van der Waals surface area contributed by atoms with E-state index in [1.807, 2.05) is 4.90 Å². The van der Waals surface area contributed by atoms with E-state index in [1.54, 1.807) is 0 Å². The number of halogens is 3. The molecule has 1 unspecified atom stereocenters. The van der Waals surface area contributed by atoms with Gasteiger partial charge in [0.2, 0.25) is 0 Å². The normalized spacial score (nSPS) is 24.0. The zero-order chi connectivity index (χ0) is 13.1. The topological polar surface area (TPSA) is 15.3 Å². The van der Waals surface area contributed by atoms with Crippen molar-refractivity contribution in [3.05, 3.63) is 0 Å². The molecule has 5 heteroatoms. The first-order valence-corrected chi connectivity index (χ1v) is 6.22. The van der Waals surface area contributed by atoms with Crippen molar-refractivity contribution in [1.82, 2.24) is 10.2 Å². The Labute approximate surface area is 102 Å². The van der Waals surface area contributed by atoms with Gasteiger partial charge in [-0.3, -0.25) is 0 Å². The summed E-state index contributed by atoms with van der Waals surface area (Å²) in [5, 5.41) is 3.30. The van der Waals surface area contributed by atoms with Gasteiger partial charge in [0.15, 0.2) is 0 Å². The average Bonchev–Trinajstić information content (AvgIpc) is 2.15. The highest BCUT2D eigenvalue weighted by Gasteiger charge is 2.41. The first-order chi connectivity index (χ1) is 7.68. The van der Waals surface area contributed by atoms with Gasteiger partial charge in [-0.05, 0) is 40.2 Å². The van der Waals surface area contributed by atoms with Crippen LogP contribution < -0.4 is 5.32 Å². The van der Waals surface area contributed by atoms with Gasteiger partial charge in [0.05, 0.1) is 5.92 Å². The SMILES string of the molecule is CC(C)(C)NCCN1CCCC(C(F)(F)F)C1. The Balaban J connectivity index is 2.30. The zero-order valence-electron chi connectivity index (χ0n) is 10.9. The molecule has 0 aromatic heterocycles. The maximum absolute atomic E-state index is 12.6. The van der Waals surface area contributed by atoms with Gasteiger partial charge in [-0.2, -0.15) is 13.2 Å². The second-order valence-electron chi connectivity index (χ2n) is 5.86. The van der Waals surface area contributed by atoms with E-state index >= 15 is 0 Å². The Morgan fingerprint density at radius 3 is 2.41 bits per heavy atom. The summed E-state index contributed by atoms with van der Waals surface area (Å²) in [6.45, 7) is 8.57. The van der Waals surface area contributed by atoms with E-state index in [4.69, 9.17) is 0 Å². The van der Waals surface area contributed by atoms with Crippen molar-refractivity contribution in [3.63, 3.8) is 0 Å². The molecule has 0 aromatic carbocycles. The third kappa shape index (κ3) is 5.73. The molecule has 102 valence electrons. The second-order valence-corrected chi connectivity index (χ2v) is 5.86. The van der Waals surface area contributed by atoms with Crippen LogP contribution in [0.1, 0.15) is 33.6 Å². The van der Waals surface area contributed by atoms with E-state index in [2.05, 4.69) is 26.1 Å². The van der Waals surface area contributed by atoms with Crippen molar-refractivity contribution < 1.29 is 13.2 Å². The summed E-state index contributed by atoms with van der Waals surface area (Å²) in [5.74, 6) is -1.13. The highest BCUT2D eigenvalue weighted by molar-refractivity contribution is 4.79. The van der Waals surface area contributed by atoms with E-state index < -0.39 is 12.1 Å². The third-order valence-electron chi connectivity index (χ3n) is 3.05. The van der Waals surface area contributed by atoms with Crippen molar-refractivity contribution in [2.24, 2.45) is 5.92 Å². The molecule has 0 spiro atoms. The highest BCUT2D eigenvalue weighted by atomic mass is 19.4. The molecule has 0 saturated carbocycles. The van der Waals surface area contributed by atoms with Gasteiger partial charge in [0.1, 0.15) is 0 Å². The summed E-state index contributed by atoms with van der Waals surface area (Å²) < 4.78 is 37.8. The average molecular weight is 252 g/mol. The number of hydrogen-bond acceptors (Lipinski definition) is 2. The Hall–Kier alpha value is -0.290. The van der Waals surface area contributed by atoms with Crippen LogP contribution >= 0.6 is 0 Å². The molecule has 2 nitrogen and oxygen atoms in total. The maximum Gasteiger partial charge on any atom is 0.393 e. The Kier molecular flexibility index (Phi) is 4.84. The third-order valence-corrected chi connectivity index (χ3v) is 3.05. The predicted molar refractivity (Wildman–Crippen MR) is 63.0 cm³/mol. The van der Waals surface area contributed by atoms with Crippen molar-refractivity contribution >= 4 is 0 Å². The fourth-order valence-electron chi connectivity index (χ4n) is 2.11. The molecule has 0 amide bonds. The first kappa shape index (κ1) is 14.8. The van der Waals surface area contributed by atoms with Gasteiger partial charge >= 0.3 is 6.18 Å². The van der Waals surface area contributed by atoms with Crippen LogP contribution in [0.5, 0.6) is 0 Å². The molecule has 0 aliphatic carbocycles. The number of hydrogen-bond donors (Lipinski definition) is 1. The summed E-state index contributed by atoms with van der Waals surface area (Å²) in [5.41, 5.74) is 0.0270. The van der Waals surface area contributed by atoms with Crippen molar-refractivity contribution in [2.45, 2.75) is 45.3 Å². The highest BCUT2D eigenvalue weighted by Crippen LogP contribution is 2.32. The predicted octanol–water partition coefficient (Wildman–Crippen LogP) is 2.65. The van der Waals surface area contributed by atoms with Gasteiger partial charge in [0.25, 0.3) is 0 Å². The lowest BCUT2D eigenvalue weighted by atomic mass is 9.97. The van der Waals surface area contributed by atoms with Crippen LogP contribution in [0.25, 0.3) is 0 Å². The van der Waals surface area contributed by atoms with Crippen LogP contribution in [0.15, 0.2) is 0 Å². The van der Waals surface area contributed by atoms with E-state index in [1.165, 1.54) is 0 Å². The summed E-state index contributed by atoms with van der Waals surface area (Å²) in [4.78, 5) is 1.92. The zero-order valence-corrected chi connectivity index (χ0v) is 10.9. The van der Waals surface area contributed by atoms with Crippen molar-refractivity contribution in [3.8, 4) is 0 Å². The van der Waals surface area contributed by atoms with Gasteiger partial charge in [-0.15, -0.1) is 0 Å². The lowest BCUT2D eigenvalue weighted by Crippen LogP contribution is -2.46. The molecule has 1 fully saturated rings. The summed E-state index contributed by atoms with van der Waals surface area (Å²) in [6, 6.07) is 0. The number of rotatable bonds is 3. The van der Waals surface area contributed by atoms with Crippen LogP contribution in [-0.4, -0.2) is 42.8 Å². The van der Waals surface area contributed by atoms with Gasteiger partial charge < -0.3 is 10.2 Å². The molecular formula is C12H23F3N2. The molecule has 1 atom stereocenters. The van der Waals surface area contributed by atoms with Crippen LogP contribution in [0, 0.1) is 5.92 Å². The molecule has 1 heterocycles. The van der Waals surface area contributed by atoms with Crippen LogP contribution in [-0.2, 0) is 0 Å². The molecule has 1 saturated heterocycles. The Morgan fingerprint density at radius 2 is 1.88 bits per heavy atom. The molecule has 0 bridgehead atoms. The van der Waals surface area contributed by atoms with E-state index in [-0.39, 0.29) is 18.5 Å². The van der Waals surface area contributed by atoms with Gasteiger partial charge in [0, 0.05) is 25.2 Å². The van der Waals surface area contributed by atoms with Gasteiger partial charge in [-0.1, -0.05) is 0 Å². The fourth-order valence-corrected chi connectivity index (χ4v) is 2.11. The Bertz CT molecular complexity index is 233. The monoisotopic (exact) mass is 252 g/mol. The number of likely N-dealkylation sites (tertiary alicyclic amines) is 1. The van der Waals surface area contributed by atoms with Crippen LogP contribution in [0.3, 0.4) is 0 Å². The number of nitrogens with one attached hydrogen (secondary N) is 1. The minimum atomic E-state index is -4.03. The quantitative estimate of drug-likeness (QED) is 0.830. The van der Waals surface area contributed by atoms with Crippen molar-refractivity contribution in [1.29, 1.82) is 0 Å².